The summed E-state index contributed by atoms with van der Waals surface area (Å²) in [5.41, 5.74) is 0.658. The first-order valence-corrected chi connectivity index (χ1v) is 5.28. The first-order chi connectivity index (χ1) is 7.18. The topological polar surface area (TPSA) is 28.2 Å². The standard InChI is InChI=1S/C11H16FN3.2ClH/c1-8-7-15(9(2)5-14-8)11-3-4-13-6-10(11)12;;/h3-4,6,8-9,14H,5,7H2,1-2H3;2*1H/t8-,9-;;/m1../s1. The minimum Gasteiger partial charge on any atom is -0.364 e. The molecule has 1 saturated heterocycles. The quantitative estimate of drug-likeness (QED) is 0.856. The Balaban J connectivity index is 0.00000128. The minimum absolute atomic E-state index is 0. The molecule has 1 aromatic rings. The van der Waals surface area contributed by atoms with Crippen LogP contribution in [0.25, 0.3) is 0 Å². The molecule has 3 nitrogen and oxygen atoms in total. The lowest BCUT2D eigenvalue weighted by molar-refractivity contribution is 0.420. The van der Waals surface area contributed by atoms with Crippen molar-refractivity contribution in [1.29, 1.82) is 0 Å². The van der Waals surface area contributed by atoms with Gasteiger partial charge in [0.2, 0.25) is 0 Å². The maximum atomic E-state index is 13.5. The molecule has 17 heavy (non-hydrogen) atoms. The molecule has 0 aromatic carbocycles. The van der Waals surface area contributed by atoms with Crippen LogP contribution in [0.1, 0.15) is 13.8 Å². The first-order valence-electron chi connectivity index (χ1n) is 5.28. The van der Waals surface area contributed by atoms with Crippen LogP contribution < -0.4 is 10.2 Å². The molecule has 0 spiro atoms. The van der Waals surface area contributed by atoms with Crippen LogP contribution in [0.3, 0.4) is 0 Å². The maximum absolute atomic E-state index is 13.5. The van der Waals surface area contributed by atoms with Gasteiger partial charge < -0.3 is 10.2 Å². The van der Waals surface area contributed by atoms with Crippen molar-refractivity contribution in [2.24, 2.45) is 0 Å². The fourth-order valence-electron chi connectivity index (χ4n) is 1.96. The number of halogens is 3. The van der Waals surface area contributed by atoms with E-state index in [1.165, 1.54) is 6.20 Å². The number of nitrogens with one attached hydrogen (secondary N) is 1. The molecule has 2 rings (SSSR count). The number of hydrogen-bond donors (Lipinski definition) is 1. The first kappa shape index (κ1) is 16.4. The van der Waals surface area contributed by atoms with E-state index in [4.69, 9.17) is 0 Å². The van der Waals surface area contributed by atoms with E-state index in [-0.39, 0.29) is 30.6 Å². The highest BCUT2D eigenvalue weighted by atomic mass is 35.5. The van der Waals surface area contributed by atoms with E-state index < -0.39 is 0 Å². The average molecular weight is 282 g/mol. The van der Waals surface area contributed by atoms with Gasteiger partial charge in [-0.15, -0.1) is 24.8 Å². The highest BCUT2D eigenvalue weighted by Crippen LogP contribution is 2.21. The van der Waals surface area contributed by atoms with Crippen LogP contribution in [0.2, 0.25) is 0 Å². The zero-order valence-electron chi connectivity index (χ0n) is 9.89. The Labute approximate surface area is 114 Å². The van der Waals surface area contributed by atoms with Gasteiger partial charge in [0.15, 0.2) is 5.82 Å². The summed E-state index contributed by atoms with van der Waals surface area (Å²) in [6.07, 6.45) is 2.91. The van der Waals surface area contributed by atoms with Crippen molar-refractivity contribution in [1.82, 2.24) is 10.3 Å². The van der Waals surface area contributed by atoms with Crippen LogP contribution in [0.5, 0.6) is 0 Å². The molecule has 1 aliphatic rings. The van der Waals surface area contributed by atoms with Gasteiger partial charge in [-0.05, 0) is 19.9 Å². The molecular weight excluding hydrogens is 264 g/mol. The van der Waals surface area contributed by atoms with Crippen molar-refractivity contribution in [3.8, 4) is 0 Å². The zero-order chi connectivity index (χ0) is 10.8. The van der Waals surface area contributed by atoms with Crippen molar-refractivity contribution in [3.63, 3.8) is 0 Å². The van der Waals surface area contributed by atoms with Crippen molar-refractivity contribution in [2.45, 2.75) is 25.9 Å². The summed E-state index contributed by atoms with van der Waals surface area (Å²) in [4.78, 5) is 5.86. The van der Waals surface area contributed by atoms with Gasteiger partial charge in [0.05, 0.1) is 11.9 Å². The third-order valence-corrected chi connectivity index (χ3v) is 2.82. The average Bonchev–Trinajstić information content (AvgIpc) is 2.23. The molecule has 0 radical (unpaired) electrons. The third-order valence-electron chi connectivity index (χ3n) is 2.82. The normalized spacial score (nSPS) is 23.6. The molecule has 2 atom stereocenters. The molecule has 1 fully saturated rings. The minimum atomic E-state index is -0.238. The monoisotopic (exact) mass is 281 g/mol. The largest absolute Gasteiger partial charge is 0.364 e. The Morgan fingerprint density at radius 1 is 1.41 bits per heavy atom. The number of anilines is 1. The summed E-state index contributed by atoms with van der Waals surface area (Å²) >= 11 is 0. The molecule has 0 unspecified atom stereocenters. The van der Waals surface area contributed by atoms with E-state index in [1.54, 1.807) is 12.3 Å². The van der Waals surface area contributed by atoms with Crippen molar-refractivity contribution in [3.05, 3.63) is 24.3 Å². The van der Waals surface area contributed by atoms with E-state index in [1.807, 2.05) is 0 Å². The van der Waals surface area contributed by atoms with Crippen molar-refractivity contribution >= 4 is 30.5 Å². The van der Waals surface area contributed by atoms with E-state index in [9.17, 15) is 4.39 Å². The lowest BCUT2D eigenvalue weighted by Gasteiger charge is -2.39. The molecule has 0 bridgehead atoms. The van der Waals surface area contributed by atoms with Gasteiger partial charge in [-0.25, -0.2) is 4.39 Å². The number of hydrogen-bond acceptors (Lipinski definition) is 3. The van der Waals surface area contributed by atoms with Crippen molar-refractivity contribution < 1.29 is 4.39 Å². The van der Waals surface area contributed by atoms with Crippen LogP contribution in [0, 0.1) is 5.82 Å². The second kappa shape index (κ2) is 6.99. The second-order valence-corrected chi connectivity index (χ2v) is 4.14. The molecule has 1 N–H and O–H groups in total. The fourth-order valence-corrected chi connectivity index (χ4v) is 1.96. The van der Waals surface area contributed by atoms with Gasteiger partial charge in [0.25, 0.3) is 0 Å². The molecular formula is C11H18Cl2FN3. The van der Waals surface area contributed by atoms with Crippen LogP contribution >= 0.6 is 24.8 Å². The van der Waals surface area contributed by atoms with Gasteiger partial charge in [0.1, 0.15) is 0 Å². The molecule has 1 aliphatic heterocycles. The molecule has 98 valence electrons. The lowest BCUT2D eigenvalue weighted by atomic mass is 10.1. The van der Waals surface area contributed by atoms with Gasteiger partial charge in [-0.3, -0.25) is 4.98 Å². The van der Waals surface area contributed by atoms with Gasteiger partial charge in [-0.1, -0.05) is 0 Å². The maximum Gasteiger partial charge on any atom is 0.164 e. The Kier molecular flexibility index (Phi) is 6.75. The summed E-state index contributed by atoms with van der Waals surface area (Å²) in [5.74, 6) is -0.238. The summed E-state index contributed by atoms with van der Waals surface area (Å²) < 4.78 is 13.5. The Hall–Kier alpha value is -0.580. The van der Waals surface area contributed by atoms with Gasteiger partial charge in [-0.2, -0.15) is 0 Å². The number of pyridine rings is 1. The van der Waals surface area contributed by atoms with Gasteiger partial charge in [0, 0.05) is 31.4 Å². The highest BCUT2D eigenvalue weighted by molar-refractivity contribution is 5.85. The molecule has 1 aromatic heterocycles. The fraction of sp³-hybridized carbons (Fsp3) is 0.545. The Morgan fingerprint density at radius 2 is 2.12 bits per heavy atom. The van der Waals surface area contributed by atoms with E-state index in [0.717, 1.165) is 13.1 Å². The zero-order valence-corrected chi connectivity index (χ0v) is 11.5. The van der Waals surface area contributed by atoms with Crippen LogP contribution in [-0.4, -0.2) is 30.2 Å². The highest BCUT2D eigenvalue weighted by Gasteiger charge is 2.24. The molecule has 0 aliphatic carbocycles. The predicted octanol–water partition coefficient (Wildman–Crippen LogP) is 2.25. The van der Waals surface area contributed by atoms with Gasteiger partial charge >= 0.3 is 0 Å². The van der Waals surface area contributed by atoms with Crippen LogP contribution in [0.4, 0.5) is 10.1 Å². The van der Waals surface area contributed by atoms with E-state index in [0.29, 0.717) is 17.8 Å². The molecule has 6 heteroatoms. The summed E-state index contributed by atoms with van der Waals surface area (Å²) in [7, 11) is 0. The summed E-state index contributed by atoms with van der Waals surface area (Å²) in [6, 6.07) is 2.45. The summed E-state index contributed by atoms with van der Waals surface area (Å²) in [6.45, 7) is 5.93. The lowest BCUT2D eigenvalue weighted by Crippen LogP contribution is -2.54. The van der Waals surface area contributed by atoms with Crippen LogP contribution in [0.15, 0.2) is 18.5 Å². The smallest absolute Gasteiger partial charge is 0.164 e. The number of nitrogens with zero attached hydrogens (tertiary/aromatic N) is 2. The van der Waals surface area contributed by atoms with Crippen LogP contribution in [-0.2, 0) is 0 Å². The third kappa shape index (κ3) is 3.69. The molecule has 0 saturated carbocycles. The molecule has 0 amide bonds. The Bertz CT molecular complexity index is 351. The van der Waals surface area contributed by atoms with E-state index >= 15 is 0 Å². The van der Waals surface area contributed by atoms with E-state index in [2.05, 4.69) is 29.0 Å². The van der Waals surface area contributed by atoms with Crippen molar-refractivity contribution in [2.75, 3.05) is 18.0 Å². The molecule has 2 heterocycles. The number of piperazine rings is 1. The predicted molar refractivity (Wildman–Crippen MR) is 73.0 cm³/mol. The second-order valence-electron chi connectivity index (χ2n) is 4.14. The number of rotatable bonds is 1. The number of aromatic nitrogens is 1. The SMILES string of the molecule is C[C@@H]1CN(c2ccncc2F)[C@H](C)CN1.Cl.Cl. The Morgan fingerprint density at radius 3 is 2.76 bits per heavy atom. The summed E-state index contributed by atoms with van der Waals surface area (Å²) in [5, 5.41) is 3.37.